The summed E-state index contributed by atoms with van der Waals surface area (Å²) in [7, 11) is 0. The van der Waals surface area contributed by atoms with Crippen LogP contribution < -0.4 is 10.9 Å². The van der Waals surface area contributed by atoms with Crippen LogP contribution in [-0.2, 0) is 6.54 Å². The second-order valence-electron chi connectivity index (χ2n) is 3.88. The first kappa shape index (κ1) is 16.4. The van der Waals surface area contributed by atoms with Crippen molar-refractivity contribution in [3.8, 4) is 0 Å². The van der Waals surface area contributed by atoms with E-state index in [2.05, 4.69) is 26.3 Å². The van der Waals surface area contributed by atoms with Gasteiger partial charge in [0.2, 0.25) is 0 Å². The molecule has 0 spiro atoms. The van der Waals surface area contributed by atoms with Gasteiger partial charge in [0.15, 0.2) is 0 Å². The normalized spacial score (nSPS) is 13.4. The van der Waals surface area contributed by atoms with Gasteiger partial charge in [-0.3, -0.25) is 4.79 Å². The van der Waals surface area contributed by atoms with Gasteiger partial charge in [-0.25, -0.2) is 4.68 Å². The van der Waals surface area contributed by atoms with Crippen LogP contribution >= 0.6 is 27.7 Å². The molecule has 9 heteroatoms. The fraction of sp³-hybridized carbons (Fsp3) is 0.600. The third-order valence-electron chi connectivity index (χ3n) is 2.30. The summed E-state index contributed by atoms with van der Waals surface area (Å²) in [6.07, 6.45) is -1.32. The van der Waals surface area contributed by atoms with E-state index in [4.69, 9.17) is 0 Å². The van der Waals surface area contributed by atoms with Crippen LogP contribution in [0.3, 0.4) is 0 Å². The SMILES string of the molecule is CSC(C)CNc1cnn(CC(F)(F)F)c(=O)c1Br. The Kier molecular flexibility index (Phi) is 5.72. The second-order valence-corrected chi connectivity index (χ2v) is 5.95. The van der Waals surface area contributed by atoms with E-state index in [0.717, 1.165) is 0 Å². The number of alkyl halides is 3. The Hall–Kier alpha value is -0.700. The van der Waals surface area contributed by atoms with Crippen LogP contribution in [0.5, 0.6) is 0 Å². The summed E-state index contributed by atoms with van der Waals surface area (Å²) >= 11 is 4.64. The molecule has 1 N–H and O–H groups in total. The number of rotatable bonds is 5. The number of thioether (sulfide) groups is 1. The largest absolute Gasteiger partial charge is 0.408 e. The van der Waals surface area contributed by atoms with Crippen LogP contribution in [-0.4, -0.2) is 34.0 Å². The lowest BCUT2D eigenvalue weighted by molar-refractivity contribution is -0.143. The number of nitrogens with zero attached hydrogens (tertiary/aromatic N) is 2. The predicted molar refractivity (Wildman–Crippen MR) is 73.7 cm³/mol. The van der Waals surface area contributed by atoms with Crippen molar-refractivity contribution >= 4 is 33.4 Å². The van der Waals surface area contributed by atoms with Crippen LogP contribution in [0, 0.1) is 0 Å². The summed E-state index contributed by atoms with van der Waals surface area (Å²) in [6, 6.07) is 0. The minimum absolute atomic E-state index is 0.0556. The first-order chi connectivity index (χ1) is 8.74. The molecule has 1 rings (SSSR count). The summed E-state index contributed by atoms with van der Waals surface area (Å²) in [5, 5.41) is 6.79. The monoisotopic (exact) mass is 359 g/mol. The van der Waals surface area contributed by atoms with E-state index in [1.54, 1.807) is 11.8 Å². The minimum atomic E-state index is -4.47. The molecule has 0 aliphatic rings. The lowest BCUT2D eigenvalue weighted by atomic mass is 10.4. The molecule has 0 fully saturated rings. The maximum Gasteiger partial charge on any atom is 0.408 e. The third kappa shape index (κ3) is 5.06. The standard InChI is InChI=1S/C10H13BrF3N3OS/c1-6(19-2)3-15-7-4-16-17(5-10(12,13)14)9(18)8(7)11/h4,6,15H,3,5H2,1-2H3. The number of aromatic nitrogens is 2. The topological polar surface area (TPSA) is 46.9 Å². The number of anilines is 1. The molecule has 0 amide bonds. The van der Waals surface area contributed by atoms with Gasteiger partial charge >= 0.3 is 6.18 Å². The molecule has 0 radical (unpaired) electrons. The molecule has 1 unspecified atom stereocenters. The van der Waals surface area contributed by atoms with Crippen molar-refractivity contribution in [1.29, 1.82) is 0 Å². The Morgan fingerprint density at radius 1 is 1.58 bits per heavy atom. The molecule has 1 heterocycles. The molecule has 0 aliphatic carbocycles. The first-order valence-corrected chi connectivity index (χ1v) is 7.41. The van der Waals surface area contributed by atoms with E-state index < -0.39 is 18.3 Å². The van der Waals surface area contributed by atoms with Gasteiger partial charge in [-0.05, 0) is 22.2 Å². The zero-order valence-corrected chi connectivity index (χ0v) is 12.7. The summed E-state index contributed by atoms with van der Waals surface area (Å²) < 4.78 is 37.1. The van der Waals surface area contributed by atoms with Crippen LogP contribution in [0.2, 0.25) is 0 Å². The highest BCUT2D eigenvalue weighted by molar-refractivity contribution is 9.10. The van der Waals surface area contributed by atoms with E-state index in [0.29, 0.717) is 22.2 Å². The fourth-order valence-electron chi connectivity index (χ4n) is 1.21. The Labute approximate surface area is 120 Å². The van der Waals surface area contributed by atoms with Crippen molar-refractivity contribution in [1.82, 2.24) is 9.78 Å². The van der Waals surface area contributed by atoms with Crippen molar-refractivity contribution in [2.24, 2.45) is 0 Å². The quantitative estimate of drug-likeness (QED) is 0.877. The van der Waals surface area contributed by atoms with Gasteiger partial charge in [0.05, 0.1) is 11.9 Å². The summed E-state index contributed by atoms with van der Waals surface area (Å²) in [5.41, 5.74) is -0.413. The molecule has 0 saturated carbocycles. The molecule has 19 heavy (non-hydrogen) atoms. The summed E-state index contributed by atoms with van der Waals surface area (Å²) in [5.74, 6) is 0. The third-order valence-corrected chi connectivity index (χ3v) is 4.03. The van der Waals surface area contributed by atoms with Crippen molar-refractivity contribution in [2.75, 3.05) is 18.1 Å². The smallest absolute Gasteiger partial charge is 0.382 e. The minimum Gasteiger partial charge on any atom is -0.382 e. The van der Waals surface area contributed by atoms with Gasteiger partial charge < -0.3 is 5.32 Å². The average Bonchev–Trinajstić information content (AvgIpc) is 2.32. The lowest BCUT2D eigenvalue weighted by Gasteiger charge is -2.13. The fourth-order valence-corrected chi connectivity index (χ4v) is 1.91. The molecule has 1 atom stereocenters. The van der Waals surface area contributed by atoms with E-state index in [9.17, 15) is 18.0 Å². The van der Waals surface area contributed by atoms with Crippen molar-refractivity contribution < 1.29 is 13.2 Å². The predicted octanol–water partition coefficient (Wildman–Crippen LogP) is 2.73. The van der Waals surface area contributed by atoms with Crippen LogP contribution in [0.4, 0.5) is 18.9 Å². The molecular weight excluding hydrogens is 347 g/mol. The van der Waals surface area contributed by atoms with Crippen LogP contribution in [0.15, 0.2) is 15.5 Å². The highest BCUT2D eigenvalue weighted by Gasteiger charge is 2.29. The molecule has 108 valence electrons. The van der Waals surface area contributed by atoms with Gasteiger partial charge in [0, 0.05) is 11.8 Å². The van der Waals surface area contributed by atoms with E-state index in [1.165, 1.54) is 6.20 Å². The van der Waals surface area contributed by atoms with Crippen molar-refractivity contribution in [3.63, 3.8) is 0 Å². The Balaban J connectivity index is 2.89. The highest BCUT2D eigenvalue weighted by Crippen LogP contribution is 2.20. The van der Waals surface area contributed by atoms with Gasteiger partial charge in [-0.15, -0.1) is 0 Å². The van der Waals surface area contributed by atoms with Gasteiger partial charge in [-0.1, -0.05) is 6.92 Å². The maximum absolute atomic E-state index is 12.2. The molecule has 1 aromatic heterocycles. The highest BCUT2D eigenvalue weighted by atomic mass is 79.9. The molecule has 0 saturated heterocycles. The molecule has 4 nitrogen and oxygen atoms in total. The number of halogens is 4. The lowest BCUT2D eigenvalue weighted by Crippen LogP contribution is -2.31. The first-order valence-electron chi connectivity index (χ1n) is 5.33. The Morgan fingerprint density at radius 3 is 2.74 bits per heavy atom. The van der Waals surface area contributed by atoms with Crippen molar-refractivity contribution in [2.45, 2.75) is 24.9 Å². The molecule has 1 aromatic rings. The summed E-state index contributed by atoms with van der Waals surface area (Å²) in [6.45, 7) is 1.18. The Bertz CT molecular complexity index is 492. The van der Waals surface area contributed by atoms with Crippen LogP contribution in [0.25, 0.3) is 0 Å². The van der Waals surface area contributed by atoms with E-state index in [1.807, 2.05) is 13.2 Å². The number of hydrogen-bond acceptors (Lipinski definition) is 4. The molecule has 0 aliphatic heterocycles. The molecule has 0 aromatic carbocycles. The zero-order chi connectivity index (χ0) is 14.6. The van der Waals surface area contributed by atoms with Gasteiger partial charge in [-0.2, -0.15) is 30.0 Å². The Morgan fingerprint density at radius 2 is 2.21 bits per heavy atom. The van der Waals surface area contributed by atoms with Gasteiger partial charge in [0.1, 0.15) is 11.0 Å². The van der Waals surface area contributed by atoms with Crippen LogP contribution in [0.1, 0.15) is 6.92 Å². The second kappa shape index (κ2) is 6.65. The van der Waals surface area contributed by atoms with E-state index >= 15 is 0 Å². The number of hydrogen-bond donors (Lipinski definition) is 1. The summed E-state index contributed by atoms with van der Waals surface area (Å²) in [4.78, 5) is 11.7. The number of nitrogens with one attached hydrogen (secondary N) is 1. The molecular formula is C10H13BrF3N3OS. The maximum atomic E-state index is 12.2. The molecule has 0 bridgehead atoms. The van der Waals surface area contributed by atoms with E-state index in [-0.39, 0.29) is 4.47 Å². The zero-order valence-electron chi connectivity index (χ0n) is 10.3. The van der Waals surface area contributed by atoms with Crippen molar-refractivity contribution in [3.05, 3.63) is 21.0 Å². The van der Waals surface area contributed by atoms with Gasteiger partial charge in [0.25, 0.3) is 5.56 Å². The average molecular weight is 360 g/mol.